The number of piperidine rings is 1. The molecule has 1 heterocycles. The first-order valence-corrected chi connectivity index (χ1v) is 14.5. The number of alkyl carbamates (subject to hydrolysis) is 1. The number of ether oxygens (including phenoxy) is 1. The summed E-state index contributed by atoms with van der Waals surface area (Å²) in [6.45, 7) is 9.89. The van der Waals surface area contributed by atoms with Crippen LogP contribution in [0.5, 0.6) is 0 Å². The van der Waals surface area contributed by atoms with Gasteiger partial charge >= 0.3 is 6.09 Å². The highest BCUT2D eigenvalue weighted by Gasteiger charge is 2.34. The first-order valence-electron chi connectivity index (χ1n) is 14.5. The summed E-state index contributed by atoms with van der Waals surface area (Å²) in [4.78, 5) is 53.9. The quantitative estimate of drug-likeness (QED) is 0.377. The van der Waals surface area contributed by atoms with E-state index in [1.807, 2.05) is 44.2 Å². The van der Waals surface area contributed by atoms with Crippen LogP contribution in [-0.4, -0.2) is 59.5 Å². The number of hydrogen-bond acceptors (Lipinski definition) is 5. The standard InChI is InChI=1S/C32H43FN4O5/c1-21(2)19-26(29(39)34-25-13-11-24(33)12-14-25)35-28(38)23-15-17-37(18-16-23)30(40)27(20-22-9-7-6-8-10-22)36-31(41)42-32(3,4)5/h6-14,21,23,26-27H,15-20H2,1-5H3,(H,34,39)(H,35,38)(H,36,41)/t26-,27-/m1/s1. The molecule has 1 aliphatic heterocycles. The Morgan fingerprint density at radius 2 is 1.55 bits per heavy atom. The Kier molecular flexibility index (Phi) is 11.5. The summed E-state index contributed by atoms with van der Waals surface area (Å²) in [5.74, 6) is -1.47. The van der Waals surface area contributed by atoms with Crippen LogP contribution in [0.15, 0.2) is 54.6 Å². The molecule has 4 amide bonds. The van der Waals surface area contributed by atoms with Crippen LogP contribution in [0.4, 0.5) is 14.9 Å². The largest absolute Gasteiger partial charge is 0.444 e. The molecule has 0 aromatic heterocycles. The summed E-state index contributed by atoms with van der Waals surface area (Å²) in [7, 11) is 0. The van der Waals surface area contributed by atoms with Crippen molar-refractivity contribution in [3.05, 3.63) is 66.0 Å². The maximum absolute atomic E-state index is 13.5. The number of nitrogens with one attached hydrogen (secondary N) is 3. The van der Waals surface area contributed by atoms with Gasteiger partial charge in [0, 0.05) is 31.1 Å². The fraction of sp³-hybridized carbons (Fsp3) is 0.500. The second-order valence-corrected chi connectivity index (χ2v) is 12.2. The molecule has 1 saturated heterocycles. The lowest BCUT2D eigenvalue weighted by Crippen LogP contribution is -2.54. The van der Waals surface area contributed by atoms with Crippen LogP contribution >= 0.6 is 0 Å². The van der Waals surface area contributed by atoms with E-state index in [2.05, 4.69) is 16.0 Å². The van der Waals surface area contributed by atoms with Crippen LogP contribution in [-0.2, 0) is 25.5 Å². The molecule has 0 spiro atoms. The third-order valence-electron chi connectivity index (χ3n) is 6.90. The van der Waals surface area contributed by atoms with E-state index in [4.69, 9.17) is 4.74 Å². The van der Waals surface area contributed by atoms with Gasteiger partial charge in [0.15, 0.2) is 0 Å². The van der Waals surface area contributed by atoms with Crippen LogP contribution in [0.2, 0.25) is 0 Å². The molecule has 2 aromatic carbocycles. The van der Waals surface area contributed by atoms with Gasteiger partial charge in [0.2, 0.25) is 17.7 Å². The summed E-state index contributed by atoms with van der Waals surface area (Å²) in [5.41, 5.74) is 0.636. The molecule has 0 radical (unpaired) electrons. The summed E-state index contributed by atoms with van der Waals surface area (Å²) >= 11 is 0. The lowest BCUT2D eigenvalue weighted by atomic mass is 9.93. The molecule has 1 aliphatic rings. The van der Waals surface area contributed by atoms with Gasteiger partial charge in [-0.1, -0.05) is 44.2 Å². The van der Waals surface area contributed by atoms with E-state index in [0.717, 1.165) is 5.56 Å². The Labute approximate surface area is 247 Å². The van der Waals surface area contributed by atoms with Gasteiger partial charge in [0.25, 0.3) is 0 Å². The van der Waals surface area contributed by atoms with Gasteiger partial charge in [-0.15, -0.1) is 0 Å². The molecule has 2 aromatic rings. The van der Waals surface area contributed by atoms with Crippen LogP contribution < -0.4 is 16.0 Å². The number of nitrogens with zero attached hydrogens (tertiary/aromatic N) is 1. The fourth-order valence-corrected chi connectivity index (χ4v) is 4.84. The zero-order valence-electron chi connectivity index (χ0n) is 25.1. The van der Waals surface area contributed by atoms with Crippen molar-refractivity contribution in [2.24, 2.45) is 11.8 Å². The summed E-state index contributed by atoms with van der Waals surface area (Å²) in [6, 6.07) is 13.3. The van der Waals surface area contributed by atoms with Gasteiger partial charge in [-0.2, -0.15) is 0 Å². The van der Waals surface area contributed by atoms with Crippen LogP contribution in [0, 0.1) is 17.7 Å². The van der Waals surface area contributed by atoms with Crippen molar-refractivity contribution in [1.29, 1.82) is 0 Å². The molecule has 228 valence electrons. The SMILES string of the molecule is CC(C)C[C@@H](NC(=O)C1CCN(C(=O)[C@@H](Cc2ccccc2)NC(=O)OC(C)(C)C)CC1)C(=O)Nc1ccc(F)cc1. The first-order chi connectivity index (χ1) is 19.8. The van der Waals surface area contributed by atoms with Crippen LogP contribution in [0.1, 0.15) is 59.4 Å². The zero-order chi connectivity index (χ0) is 30.9. The van der Waals surface area contributed by atoms with E-state index >= 15 is 0 Å². The minimum absolute atomic E-state index is 0.146. The van der Waals surface area contributed by atoms with Crippen LogP contribution in [0.3, 0.4) is 0 Å². The Morgan fingerprint density at radius 3 is 2.12 bits per heavy atom. The molecular weight excluding hydrogens is 539 g/mol. The van der Waals surface area contributed by atoms with Gasteiger partial charge in [-0.05, 0) is 75.8 Å². The molecular formula is C32H43FN4O5. The number of hydrogen-bond donors (Lipinski definition) is 3. The average Bonchev–Trinajstić information content (AvgIpc) is 2.92. The van der Waals surface area contributed by atoms with E-state index in [-0.39, 0.29) is 29.6 Å². The molecule has 0 aliphatic carbocycles. The zero-order valence-corrected chi connectivity index (χ0v) is 25.1. The van der Waals surface area contributed by atoms with Crippen molar-refractivity contribution in [2.75, 3.05) is 18.4 Å². The molecule has 1 fully saturated rings. The Bertz CT molecular complexity index is 1210. The normalized spacial score (nSPS) is 15.5. The van der Waals surface area contributed by atoms with E-state index in [1.165, 1.54) is 24.3 Å². The van der Waals surface area contributed by atoms with Crippen molar-refractivity contribution in [3.8, 4) is 0 Å². The number of carbonyl (C=O) groups excluding carboxylic acids is 4. The highest BCUT2D eigenvalue weighted by Crippen LogP contribution is 2.21. The number of benzene rings is 2. The van der Waals surface area contributed by atoms with E-state index in [0.29, 0.717) is 44.5 Å². The molecule has 3 N–H and O–H groups in total. The average molecular weight is 583 g/mol. The molecule has 0 unspecified atom stereocenters. The maximum Gasteiger partial charge on any atom is 0.408 e. The Balaban J connectivity index is 1.61. The minimum Gasteiger partial charge on any atom is -0.444 e. The van der Waals surface area contributed by atoms with E-state index in [1.54, 1.807) is 25.7 Å². The van der Waals surface area contributed by atoms with Crippen molar-refractivity contribution >= 4 is 29.5 Å². The third-order valence-corrected chi connectivity index (χ3v) is 6.90. The maximum atomic E-state index is 13.5. The van der Waals surface area contributed by atoms with Crippen molar-refractivity contribution in [1.82, 2.24) is 15.5 Å². The molecule has 10 heteroatoms. The minimum atomic E-state index is -0.821. The first kappa shape index (κ1) is 32.6. The Hall–Kier alpha value is -3.95. The van der Waals surface area contributed by atoms with Crippen molar-refractivity contribution < 1.29 is 28.3 Å². The number of likely N-dealkylation sites (tertiary alicyclic amines) is 1. The monoisotopic (exact) mass is 582 g/mol. The summed E-state index contributed by atoms with van der Waals surface area (Å²) in [5, 5.41) is 8.38. The number of halogens is 1. The van der Waals surface area contributed by atoms with Crippen molar-refractivity contribution in [2.45, 2.75) is 78.0 Å². The lowest BCUT2D eigenvalue weighted by molar-refractivity contribution is -0.137. The van der Waals surface area contributed by atoms with E-state index in [9.17, 15) is 23.6 Å². The van der Waals surface area contributed by atoms with Gasteiger partial charge in [0.1, 0.15) is 23.5 Å². The fourth-order valence-electron chi connectivity index (χ4n) is 4.84. The third kappa shape index (κ3) is 10.5. The lowest BCUT2D eigenvalue weighted by Gasteiger charge is -2.34. The van der Waals surface area contributed by atoms with Crippen molar-refractivity contribution in [3.63, 3.8) is 0 Å². The van der Waals surface area contributed by atoms with Gasteiger partial charge < -0.3 is 25.6 Å². The van der Waals surface area contributed by atoms with Crippen LogP contribution in [0.25, 0.3) is 0 Å². The smallest absolute Gasteiger partial charge is 0.408 e. The van der Waals surface area contributed by atoms with Gasteiger partial charge in [-0.3, -0.25) is 14.4 Å². The molecule has 9 nitrogen and oxygen atoms in total. The highest BCUT2D eigenvalue weighted by atomic mass is 19.1. The van der Waals surface area contributed by atoms with Gasteiger partial charge in [0.05, 0.1) is 0 Å². The Morgan fingerprint density at radius 1 is 0.929 bits per heavy atom. The predicted molar refractivity (Wildman–Crippen MR) is 159 cm³/mol. The molecule has 0 saturated carbocycles. The number of amides is 4. The molecule has 0 bridgehead atoms. The van der Waals surface area contributed by atoms with E-state index < -0.39 is 29.6 Å². The second-order valence-electron chi connectivity index (χ2n) is 12.2. The molecule has 42 heavy (non-hydrogen) atoms. The number of rotatable bonds is 10. The van der Waals surface area contributed by atoms with Gasteiger partial charge in [-0.25, -0.2) is 9.18 Å². The number of anilines is 1. The predicted octanol–water partition coefficient (Wildman–Crippen LogP) is 4.67. The topological polar surface area (TPSA) is 117 Å². The molecule has 2 atom stereocenters. The summed E-state index contributed by atoms with van der Waals surface area (Å²) in [6.07, 6.45) is 0.931. The highest BCUT2D eigenvalue weighted by molar-refractivity contribution is 5.97. The summed E-state index contributed by atoms with van der Waals surface area (Å²) < 4.78 is 18.6. The second kappa shape index (κ2) is 14.8. The number of carbonyl (C=O) groups is 4. The molecule has 3 rings (SSSR count).